The van der Waals surface area contributed by atoms with Crippen molar-refractivity contribution in [2.45, 2.75) is 19.9 Å². The molecule has 0 fully saturated rings. The van der Waals surface area contributed by atoms with Gasteiger partial charge in [0.2, 0.25) is 0 Å². The Balaban J connectivity index is 2.07. The molecule has 0 spiro atoms. The number of methoxy groups -OCH3 is 1. The van der Waals surface area contributed by atoms with E-state index in [1.807, 2.05) is 44.2 Å². The van der Waals surface area contributed by atoms with Gasteiger partial charge in [0.25, 0.3) is 5.56 Å². The molecule has 0 atom stereocenters. The van der Waals surface area contributed by atoms with Gasteiger partial charge in [0, 0.05) is 6.07 Å². The van der Waals surface area contributed by atoms with Crippen LogP contribution in [0, 0.1) is 0 Å². The zero-order chi connectivity index (χ0) is 16.4. The molecule has 23 heavy (non-hydrogen) atoms. The maximum atomic E-state index is 11.9. The van der Waals surface area contributed by atoms with Gasteiger partial charge in [-0.15, -0.1) is 0 Å². The Bertz CT molecular complexity index is 863. The molecule has 1 aromatic carbocycles. The standard InChI is InChI=1S/C17H18N4O2/c1-12(2)20-17(22)9-8-15(19-20)16-10-11-18-21(16)13-4-6-14(23-3)7-5-13/h4-12H,1-3H3. The van der Waals surface area contributed by atoms with Gasteiger partial charge >= 0.3 is 0 Å². The molecule has 6 heteroatoms. The first-order valence-corrected chi connectivity index (χ1v) is 7.39. The highest BCUT2D eigenvalue weighted by Crippen LogP contribution is 2.21. The highest BCUT2D eigenvalue weighted by atomic mass is 16.5. The zero-order valence-corrected chi connectivity index (χ0v) is 13.3. The van der Waals surface area contributed by atoms with Gasteiger partial charge in [-0.1, -0.05) is 0 Å². The lowest BCUT2D eigenvalue weighted by atomic mass is 10.2. The van der Waals surface area contributed by atoms with Crippen molar-refractivity contribution in [3.8, 4) is 22.8 Å². The average molecular weight is 310 g/mol. The summed E-state index contributed by atoms with van der Waals surface area (Å²) in [5.74, 6) is 0.786. The van der Waals surface area contributed by atoms with Crippen LogP contribution in [0.15, 0.2) is 53.5 Å². The molecular formula is C17H18N4O2. The van der Waals surface area contributed by atoms with Gasteiger partial charge in [-0.25, -0.2) is 9.36 Å². The molecule has 118 valence electrons. The summed E-state index contributed by atoms with van der Waals surface area (Å²) in [6, 6.07) is 12.7. The van der Waals surface area contributed by atoms with Gasteiger partial charge in [0.15, 0.2) is 0 Å². The molecule has 0 aliphatic carbocycles. The molecule has 6 nitrogen and oxygen atoms in total. The van der Waals surface area contributed by atoms with Crippen LogP contribution in [0.5, 0.6) is 5.75 Å². The van der Waals surface area contributed by atoms with Crippen molar-refractivity contribution in [3.05, 3.63) is 59.0 Å². The molecule has 2 aromatic heterocycles. The first-order chi connectivity index (χ1) is 11.1. The molecule has 0 N–H and O–H groups in total. The van der Waals surface area contributed by atoms with Gasteiger partial charge in [-0.2, -0.15) is 10.2 Å². The van der Waals surface area contributed by atoms with E-state index in [0.717, 1.165) is 17.1 Å². The lowest BCUT2D eigenvalue weighted by Gasteiger charge is -2.11. The molecule has 3 aromatic rings. The molecule has 0 radical (unpaired) electrons. The average Bonchev–Trinajstić information content (AvgIpc) is 3.04. The Hall–Kier alpha value is -2.89. The lowest BCUT2D eigenvalue weighted by molar-refractivity contribution is 0.414. The van der Waals surface area contributed by atoms with Gasteiger partial charge in [0.1, 0.15) is 11.4 Å². The summed E-state index contributed by atoms with van der Waals surface area (Å²) in [4.78, 5) is 11.9. The third kappa shape index (κ3) is 2.88. The molecule has 0 amide bonds. The largest absolute Gasteiger partial charge is 0.497 e. The van der Waals surface area contributed by atoms with Crippen LogP contribution in [-0.2, 0) is 0 Å². The van der Waals surface area contributed by atoms with Gasteiger partial charge < -0.3 is 4.74 Å². The second kappa shape index (κ2) is 6.08. The second-order valence-corrected chi connectivity index (χ2v) is 5.42. The second-order valence-electron chi connectivity index (χ2n) is 5.42. The van der Waals surface area contributed by atoms with Crippen LogP contribution < -0.4 is 10.3 Å². The first-order valence-electron chi connectivity index (χ1n) is 7.39. The smallest absolute Gasteiger partial charge is 0.267 e. The van der Waals surface area contributed by atoms with Crippen LogP contribution in [0.4, 0.5) is 0 Å². The maximum Gasteiger partial charge on any atom is 0.267 e. The maximum absolute atomic E-state index is 11.9. The van der Waals surface area contributed by atoms with Crippen molar-refractivity contribution >= 4 is 0 Å². The molecule has 2 heterocycles. The quantitative estimate of drug-likeness (QED) is 0.743. The van der Waals surface area contributed by atoms with E-state index in [-0.39, 0.29) is 11.6 Å². The van der Waals surface area contributed by atoms with E-state index in [1.54, 1.807) is 24.1 Å². The van der Waals surface area contributed by atoms with E-state index in [9.17, 15) is 4.79 Å². The number of benzene rings is 1. The molecule has 3 rings (SSSR count). The van der Waals surface area contributed by atoms with Crippen LogP contribution in [0.25, 0.3) is 17.1 Å². The van der Waals surface area contributed by atoms with Crippen LogP contribution in [0.2, 0.25) is 0 Å². The highest BCUT2D eigenvalue weighted by molar-refractivity contribution is 5.57. The lowest BCUT2D eigenvalue weighted by Crippen LogP contribution is -2.24. The van der Waals surface area contributed by atoms with Crippen LogP contribution >= 0.6 is 0 Å². The third-order valence-corrected chi connectivity index (χ3v) is 3.54. The molecule has 0 bridgehead atoms. The number of rotatable bonds is 4. The van der Waals surface area contributed by atoms with E-state index in [2.05, 4.69) is 10.2 Å². The number of ether oxygens (including phenoxy) is 1. The zero-order valence-electron chi connectivity index (χ0n) is 13.3. The minimum atomic E-state index is -0.112. The van der Waals surface area contributed by atoms with Crippen LogP contribution in [-0.4, -0.2) is 26.7 Å². The molecule has 0 unspecified atom stereocenters. The number of hydrogen-bond acceptors (Lipinski definition) is 4. The normalized spacial score (nSPS) is 11.0. The van der Waals surface area contributed by atoms with Crippen molar-refractivity contribution in [2.75, 3.05) is 7.11 Å². The Morgan fingerprint density at radius 2 is 1.78 bits per heavy atom. The number of aromatic nitrogens is 4. The van der Waals surface area contributed by atoms with E-state index in [4.69, 9.17) is 4.74 Å². The van der Waals surface area contributed by atoms with E-state index in [0.29, 0.717) is 5.69 Å². The van der Waals surface area contributed by atoms with Crippen molar-refractivity contribution in [2.24, 2.45) is 0 Å². The van der Waals surface area contributed by atoms with Gasteiger partial charge in [-0.3, -0.25) is 4.79 Å². The predicted octanol–water partition coefficient (Wildman–Crippen LogP) is 2.69. The Kier molecular flexibility index (Phi) is 3.97. The molecule has 0 aliphatic rings. The van der Waals surface area contributed by atoms with Crippen LogP contribution in [0.3, 0.4) is 0 Å². The minimum Gasteiger partial charge on any atom is -0.497 e. The summed E-state index contributed by atoms with van der Waals surface area (Å²) in [6.45, 7) is 3.86. The van der Waals surface area contributed by atoms with Crippen molar-refractivity contribution in [1.82, 2.24) is 19.6 Å². The van der Waals surface area contributed by atoms with E-state index in [1.165, 1.54) is 10.7 Å². The summed E-state index contributed by atoms with van der Waals surface area (Å²) < 4.78 is 8.44. The monoisotopic (exact) mass is 310 g/mol. The predicted molar refractivity (Wildman–Crippen MR) is 88.0 cm³/mol. The molecular weight excluding hydrogens is 292 g/mol. The summed E-state index contributed by atoms with van der Waals surface area (Å²) in [5.41, 5.74) is 2.31. The SMILES string of the molecule is COc1ccc(-n2nccc2-c2ccc(=O)n(C(C)C)n2)cc1. The molecule has 0 saturated heterocycles. The van der Waals surface area contributed by atoms with E-state index >= 15 is 0 Å². The topological polar surface area (TPSA) is 61.9 Å². The van der Waals surface area contributed by atoms with Crippen molar-refractivity contribution in [1.29, 1.82) is 0 Å². The summed E-state index contributed by atoms with van der Waals surface area (Å²) in [5, 5.41) is 8.82. The Morgan fingerprint density at radius 3 is 2.43 bits per heavy atom. The van der Waals surface area contributed by atoms with Crippen LogP contribution in [0.1, 0.15) is 19.9 Å². The Labute approximate surface area is 134 Å². The number of nitrogens with zero attached hydrogens (tertiary/aromatic N) is 4. The fraction of sp³-hybridized carbons (Fsp3) is 0.235. The van der Waals surface area contributed by atoms with Gasteiger partial charge in [-0.05, 0) is 50.2 Å². The minimum absolute atomic E-state index is 0.000178. The van der Waals surface area contributed by atoms with Crippen molar-refractivity contribution in [3.63, 3.8) is 0 Å². The van der Waals surface area contributed by atoms with Gasteiger partial charge in [0.05, 0.1) is 30.7 Å². The fourth-order valence-corrected chi connectivity index (χ4v) is 2.36. The highest BCUT2D eigenvalue weighted by Gasteiger charge is 2.11. The summed E-state index contributed by atoms with van der Waals surface area (Å²) in [6.07, 6.45) is 1.71. The van der Waals surface area contributed by atoms with Crippen molar-refractivity contribution < 1.29 is 4.74 Å². The number of hydrogen-bond donors (Lipinski definition) is 0. The molecule has 0 aliphatic heterocycles. The van der Waals surface area contributed by atoms with E-state index < -0.39 is 0 Å². The first kappa shape index (κ1) is 15.0. The summed E-state index contributed by atoms with van der Waals surface area (Å²) >= 11 is 0. The fourth-order valence-electron chi connectivity index (χ4n) is 2.36. The summed E-state index contributed by atoms with van der Waals surface area (Å²) in [7, 11) is 1.63. The molecule has 0 saturated carbocycles. The Morgan fingerprint density at radius 1 is 1.04 bits per heavy atom. The third-order valence-electron chi connectivity index (χ3n) is 3.54.